The van der Waals surface area contributed by atoms with E-state index in [0.29, 0.717) is 31.2 Å². The second kappa shape index (κ2) is 8.03. The molecule has 21 heavy (non-hydrogen) atoms. The largest absolute Gasteiger partial charge is 0.494 e. The van der Waals surface area contributed by atoms with Gasteiger partial charge < -0.3 is 14.7 Å². The zero-order valence-corrected chi connectivity index (χ0v) is 12.8. The summed E-state index contributed by atoms with van der Waals surface area (Å²) in [5.41, 5.74) is 0.698. The average Bonchev–Trinajstić information content (AvgIpc) is 2.47. The van der Waals surface area contributed by atoms with Gasteiger partial charge in [-0.25, -0.2) is 0 Å². The van der Waals surface area contributed by atoms with E-state index in [9.17, 15) is 4.79 Å². The van der Waals surface area contributed by atoms with Gasteiger partial charge in [-0.3, -0.25) is 4.79 Å². The van der Waals surface area contributed by atoms with Crippen LogP contribution in [0.15, 0.2) is 24.3 Å². The summed E-state index contributed by atoms with van der Waals surface area (Å²) in [7, 11) is 0. The number of rotatable bonds is 8. The Hall–Kier alpha value is -1.55. The van der Waals surface area contributed by atoms with Gasteiger partial charge in [-0.05, 0) is 56.4 Å². The summed E-state index contributed by atoms with van der Waals surface area (Å²) >= 11 is 0. The van der Waals surface area contributed by atoms with Gasteiger partial charge in [0, 0.05) is 24.8 Å². The van der Waals surface area contributed by atoms with Gasteiger partial charge in [0.05, 0.1) is 6.61 Å². The molecule has 0 spiro atoms. The number of carbonyl (C=O) groups excluding carboxylic acids is 1. The molecule has 1 aromatic rings. The van der Waals surface area contributed by atoms with Crippen LogP contribution in [0.25, 0.3) is 0 Å². The fourth-order valence-corrected chi connectivity index (χ4v) is 2.47. The van der Waals surface area contributed by atoms with Crippen LogP contribution in [0.5, 0.6) is 5.75 Å². The first-order valence-electron chi connectivity index (χ1n) is 7.91. The first-order chi connectivity index (χ1) is 10.3. The molecule has 0 heterocycles. The Labute approximate surface area is 126 Å². The molecule has 1 aromatic carbocycles. The summed E-state index contributed by atoms with van der Waals surface area (Å²) in [6.07, 6.45) is 4.96. The van der Waals surface area contributed by atoms with E-state index in [-0.39, 0.29) is 12.5 Å². The number of amides is 1. The van der Waals surface area contributed by atoms with Crippen molar-refractivity contribution in [3.8, 4) is 5.75 Å². The minimum Gasteiger partial charge on any atom is -0.494 e. The van der Waals surface area contributed by atoms with Crippen LogP contribution in [0.3, 0.4) is 0 Å². The Balaban J connectivity index is 2.01. The Morgan fingerprint density at radius 1 is 1.33 bits per heavy atom. The van der Waals surface area contributed by atoms with E-state index in [1.165, 1.54) is 6.42 Å². The van der Waals surface area contributed by atoms with Crippen molar-refractivity contribution in [2.75, 3.05) is 19.8 Å². The van der Waals surface area contributed by atoms with Crippen LogP contribution in [0.2, 0.25) is 0 Å². The number of ether oxygens (including phenoxy) is 1. The van der Waals surface area contributed by atoms with Crippen molar-refractivity contribution >= 4 is 5.91 Å². The van der Waals surface area contributed by atoms with Crippen LogP contribution in [0.4, 0.5) is 0 Å². The molecule has 1 aliphatic carbocycles. The van der Waals surface area contributed by atoms with E-state index >= 15 is 0 Å². The molecule has 0 unspecified atom stereocenters. The maximum Gasteiger partial charge on any atom is 0.254 e. The maximum absolute atomic E-state index is 12.6. The van der Waals surface area contributed by atoms with Gasteiger partial charge in [-0.1, -0.05) is 6.92 Å². The van der Waals surface area contributed by atoms with Gasteiger partial charge in [0.1, 0.15) is 5.75 Å². The molecule has 1 N–H and O–H groups in total. The highest BCUT2D eigenvalue weighted by Crippen LogP contribution is 2.26. The summed E-state index contributed by atoms with van der Waals surface area (Å²) in [5, 5.41) is 9.00. The predicted octanol–water partition coefficient (Wildman–Crippen LogP) is 2.85. The first-order valence-corrected chi connectivity index (χ1v) is 7.91. The lowest BCUT2D eigenvalue weighted by atomic mass is 9.90. The molecular weight excluding hydrogens is 266 g/mol. The lowest BCUT2D eigenvalue weighted by Gasteiger charge is -2.37. The van der Waals surface area contributed by atoms with E-state index < -0.39 is 0 Å². The average molecular weight is 291 g/mol. The summed E-state index contributed by atoms with van der Waals surface area (Å²) in [5.74, 6) is 0.870. The van der Waals surface area contributed by atoms with Crippen molar-refractivity contribution in [2.45, 2.75) is 45.1 Å². The van der Waals surface area contributed by atoms with Crippen molar-refractivity contribution in [2.24, 2.45) is 0 Å². The molecule has 2 rings (SSSR count). The number of aliphatic hydroxyl groups excluding tert-OH is 1. The summed E-state index contributed by atoms with van der Waals surface area (Å²) in [4.78, 5) is 14.5. The van der Waals surface area contributed by atoms with Gasteiger partial charge in [0.15, 0.2) is 0 Å². The van der Waals surface area contributed by atoms with Crippen LogP contribution in [0.1, 0.15) is 49.4 Å². The van der Waals surface area contributed by atoms with E-state index in [1.54, 1.807) is 0 Å². The molecule has 0 bridgehead atoms. The third-order valence-electron chi connectivity index (χ3n) is 3.91. The molecule has 0 saturated heterocycles. The number of nitrogens with zero attached hydrogens (tertiary/aromatic N) is 1. The number of hydrogen-bond acceptors (Lipinski definition) is 3. The Morgan fingerprint density at radius 2 is 2.05 bits per heavy atom. The van der Waals surface area contributed by atoms with Crippen molar-refractivity contribution in [3.63, 3.8) is 0 Å². The Morgan fingerprint density at radius 3 is 2.57 bits per heavy atom. The third kappa shape index (κ3) is 4.21. The molecule has 1 fully saturated rings. The molecule has 116 valence electrons. The summed E-state index contributed by atoms with van der Waals surface area (Å²) < 4.78 is 5.54. The monoisotopic (exact) mass is 291 g/mol. The fourth-order valence-electron chi connectivity index (χ4n) is 2.47. The van der Waals surface area contributed by atoms with Crippen molar-refractivity contribution in [3.05, 3.63) is 29.8 Å². The SMILES string of the molecule is CCCOc1ccc(C(=O)N(CCCO)C2CCC2)cc1. The molecular formula is C17H25NO3. The number of aliphatic hydroxyl groups is 1. The minimum absolute atomic E-state index is 0.0650. The number of benzene rings is 1. The van der Waals surface area contributed by atoms with Crippen LogP contribution < -0.4 is 4.74 Å². The summed E-state index contributed by atoms with van der Waals surface area (Å²) in [6.45, 7) is 3.52. The molecule has 4 nitrogen and oxygen atoms in total. The minimum atomic E-state index is 0.0650. The third-order valence-corrected chi connectivity index (χ3v) is 3.91. The highest BCUT2D eigenvalue weighted by atomic mass is 16.5. The van der Waals surface area contributed by atoms with Gasteiger partial charge in [0.2, 0.25) is 0 Å². The van der Waals surface area contributed by atoms with Crippen LogP contribution in [0, 0.1) is 0 Å². The van der Waals surface area contributed by atoms with Gasteiger partial charge >= 0.3 is 0 Å². The standard InChI is InChI=1S/C17H25NO3/c1-2-13-21-16-9-7-14(8-10-16)17(20)18(11-4-12-19)15-5-3-6-15/h7-10,15,19H,2-6,11-13H2,1H3. The molecule has 0 aromatic heterocycles. The van der Waals surface area contributed by atoms with E-state index in [0.717, 1.165) is 25.0 Å². The van der Waals surface area contributed by atoms with Gasteiger partial charge in [-0.2, -0.15) is 0 Å². The first kappa shape index (κ1) is 15.8. The second-order valence-corrected chi connectivity index (χ2v) is 5.53. The van der Waals surface area contributed by atoms with Crippen LogP contribution >= 0.6 is 0 Å². The molecule has 0 atom stereocenters. The van der Waals surface area contributed by atoms with Crippen LogP contribution in [-0.2, 0) is 0 Å². The molecule has 1 aliphatic rings. The zero-order valence-electron chi connectivity index (χ0n) is 12.8. The lowest BCUT2D eigenvalue weighted by Crippen LogP contribution is -2.44. The van der Waals surface area contributed by atoms with E-state index in [1.807, 2.05) is 29.2 Å². The molecule has 0 radical (unpaired) electrons. The van der Waals surface area contributed by atoms with Crippen molar-refractivity contribution in [1.29, 1.82) is 0 Å². The van der Waals surface area contributed by atoms with Gasteiger partial charge in [0.25, 0.3) is 5.91 Å². The Kier molecular flexibility index (Phi) is 6.05. The maximum atomic E-state index is 12.6. The normalized spacial score (nSPS) is 14.6. The number of hydrogen-bond donors (Lipinski definition) is 1. The molecule has 0 aliphatic heterocycles. The quantitative estimate of drug-likeness (QED) is 0.801. The van der Waals surface area contributed by atoms with Crippen molar-refractivity contribution in [1.82, 2.24) is 4.90 Å². The summed E-state index contributed by atoms with van der Waals surface area (Å²) in [6, 6.07) is 7.72. The molecule has 1 amide bonds. The highest BCUT2D eigenvalue weighted by molar-refractivity contribution is 5.94. The topological polar surface area (TPSA) is 49.8 Å². The predicted molar refractivity (Wildman–Crippen MR) is 82.6 cm³/mol. The van der Waals surface area contributed by atoms with E-state index in [2.05, 4.69) is 6.92 Å². The van der Waals surface area contributed by atoms with E-state index in [4.69, 9.17) is 9.84 Å². The smallest absolute Gasteiger partial charge is 0.254 e. The lowest BCUT2D eigenvalue weighted by molar-refractivity contribution is 0.0562. The Bertz CT molecular complexity index is 440. The number of carbonyl (C=O) groups is 1. The molecule has 4 heteroatoms. The van der Waals surface area contributed by atoms with Crippen LogP contribution in [-0.4, -0.2) is 41.7 Å². The highest BCUT2D eigenvalue weighted by Gasteiger charge is 2.28. The van der Waals surface area contributed by atoms with Crippen molar-refractivity contribution < 1.29 is 14.6 Å². The molecule has 1 saturated carbocycles. The zero-order chi connectivity index (χ0) is 15.1. The second-order valence-electron chi connectivity index (χ2n) is 5.53. The van der Waals surface area contributed by atoms with Gasteiger partial charge in [-0.15, -0.1) is 0 Å². The fraction of sp³-hybridized carbons (Fsp3) is 0.588.